The Morgan fingerprint density at radius 2 is 0.977 bits per heavy atom. The van der Waals surface area contributed by atoms with Crippen LogP contribution in [0.4, 0.5) is 57.1 Å². The zero-order chi connectivity index (χ0) is 34.4. The van der Waals surface area contributed by atoms with Crippen LogP contribution >= 0.6 is 0 Å². The van der Waals surface area contributed by atoms with Crippen molar-refractivity contribution in [1.29, 1.82) is 0 Å². The Morgan fingerprint density at radius 1 is 0.523 bits per heavy atom. The smallest absolute Gasteiger partial charge is 0.394 e. The van der Waals surface area contributed by atoms with Crippen molar-refractivity contribution in [2.24, 2.45) is 0 Å². The molecule has 0 aromatic rings. The first-order chi connectivity index (χ1) is 19.7. The Labute approximate surface area is 236 Å². The number of halogens is 13. The van der Waals surface area contributed by atoms with Gasteiger partial charge in [0.2, 0.25) is 0 Å². The van der Waals surface area contributed by atoms with Crippen molar-refractivity contribution in [3.05, 3.63) is 0 Å². The second-order valence-corrected chi connectivity index (χ2v) is 9.63. The highest BCUT2D eigenvalue weighted by Gasteiger charge is 2.90. The van der Waals surface area contributed by atoms with Crippen LogP contribution in [0.3, 0.4) is 0 Å². The summed E-state index contributed by atoms with van der Waals surface area (Å²) < 4.78 is 191. The van der Waals surface area contributed by atoms with Crippen LogP contribution in [0.25, 0.3) is 0 Å². The Hall–Kier alpha value is -1.35. The van der Waals surface area contributed by atoms with Gasteiger partial charge in [0.15, 0.2) is 12.6 Å². The van der Waals surface area contributed by atoms with E-state index in [9.17, 15) is 92.8 Å². The summed E-state index contributed by atoms with van der Waals surface area (Å²) in [6, 6.07) is 0. The summed E-state index contributed by atoms with van der Waals surface area (Å²) in [5.41, 5.74) is 0. The van der Waals surface area contributed by atoms with Crippen LogP contribution in [0.5, 0.6) is 0 Å². The van der Waals surface area contributed by atoms with Crippen molar-refractivity contribution >= 4 is 0 Å². The van der Waals surface area contributed by atoms with E-state index in [2.05, 4.69) is 4.74 Å². The molecule has 11 nitrogen and oxygen atoms in total. The Kier molecular flexibility index (Phi) is 11.5. The quantitative estimate of drug-likeness (QED) is 0.135. The lowest BCUT2D eigenvalue weighted by atomic mass is 9.93. The van der Waals surface area contributed by atoms with Gasteiger partial charge < -0.3 is 54.7 Å². The highest BCUT2D eigenvalue weighted by molar-refractivity contribution is 5.10. The second kappa shape index (κ2) is 13.0. The third-order valence-electron chi connectivity index (χ3n) is 6.66. The second-order valence-electron chi connectivity index (χ2n) is 9.63. The molecule has 2 aliphatic rings. The number of ether oxygens (including phenoxy) is 4. The van der Waals surface area contributed by atoms with Crippen molar-refractivity contribution < 1.29 is 112 Å². The fourth-order valence-corrected chi connectivity index (χ4v) is 3.96. The Bertz CT molecular complexity index is 953. The largest absolute Gasteiger partial charge is 0.460 e. The Balaban J connectivity index is 2.14. The molecule has 24 heteroatoms. The minimum atomic E-state index is -8.09. The van der Waals surface area contributed by atoms with Crippen LogP contribution in [0, 0.1) is 0 Å². The van der Waals surface area contributed by atoms with Gasteiger partial charge in [0, 0.05) is 6.42 Å². The van der Waals surface area contributed by atoms with Crippen molar-refractivity contribution in [1.82, 2.24) is 0 Å². The first-order valence-corrected chi connectivity index (χ1v) is 11.9. The minimum Gasteiger partial charge on any atom is -0.394 e. The van der Waals surface area contributed by atoms with E-state index in [4.69, 9.17) is 14.2 Å². The molecule has 0 bridgehead atoms. The molecule has 2 saturated heterocycles. The standard InChI is InChI=1S/C20H25F13O11/c21-15(22,16(23,24)17(25,26)18(27,28)19(29,30)20(31,32)33)1-2-41-13-11(40)9(38)12(6(4-35)43-13)44-14-10(39)8(37)7(36)5(3-34)42-14/h5-14,34-40H,1-4H2/t5-,6-,7-,8+,9-,10-,11-,12-,13?,14-/m1/s1. The molecule has 0 spiro atoms. The normalized spacial score (nSPS) is 35.2. The van der Waals surface area contributed by atoms with Gasteiger partial charge in [-0.25, -0.2) is 0 Å². The highest BCUT2D eigenvalue weighted by Crippen LogP contribution is 2.60. The number of aliphatic hydroxyl groups is 7. The summed E-state index contributed by atoms with van der Waals surface area (Å²) in [4.78, 5) is 0. The van der Waals surface area contributed by atoms with Crippen LogP contribution in [-0.4, -0.2) is 153 Å². The number of alkyl halides is 13. The van der Waals surface area contributed by atoms with Crippen molar-refractivity contribution in [3.8, 4) is 0 Å². The molecule has 1 unspecified atom stereocenters. The van der Waals surface area contributed by atoms with Crippen LogP contribution < -0.4 is 0 Å². The van der Waals surface area contributed by atoms with E-state index in [-0.39, 0.29) is 0 Å². The van der Waals surface area contributed by atoms with Crippen molar-refractivity contribution in [2.45, 2.75) is 104 Å². The van der Waals surface area contributed by atoms with Crippen LogP contribution in [0.1, 0.15) is 6.42 Å². The lowest BCUT2D eigenvalue weighted by molar-refractivity contribution is -0.440. The number of aliphatic hydroxyl groups excluding tert-OH is 7. The molecule has 2 rings (SSSR count). The average Bonchev–Trinajstić information content (AvgIpc) is 2.91. The zero-order valence-electron chi connectivity index (χ0n) is 21.3. The molecule has 2 aliphatic heterocycles. The molecule has 7 N–H and O–H groups in total. The van der Waals surface area contributed by atoms with Crippen LogP contribution in [0.2, 0.25) is 0 Å². The third kappa shape index (κ3) is 6.57. The molecule has 0 aliphatic carbocycles. The van der Waals surface area contributed by atoms with Gasteiger partial charge in [-0.15, -0.1) is 0 Å². The molecule has 0 saturated carbocycles. The monoisotopic (exact) mass is 688 g/mol. The van der Waals surface area contributed by atoms with Gasteiger partial charge in [0.1, 0.15) is 48.8 Å². The summed E-state index contributed by atoms with van der Waals surface area (Å²) in [6.07, 6.45) is -31.1. The zero-order valence-corrected chi connectivity index (χ0v) is 21.3. The van der Waals surface area contributed by atoms with Gasteiger partial charge in [0.05, 0.1) is 19.8 Å². The Morgan fingerprint density at radius 3 is 1.45 bits per heavy atom. The van der Waals surface area contributed by atoms with Gasteiger partial charge in [-0.2, -0.15) is 57.1 Å². The molecule has 262 valence electrons. The van der Waals surface area contributed by atoms with Gasteiger partial charge >= 0.3 is 35.8 Å². The van der Waals surface area contributed by atoms with Gasteiger partial charge in [-0.1, -0.05) is 0 Å². The van der Waals surface area contributed by atoms with Gasteiger partial charge in [-0.3, -0.25) is 0 Å². The SMILES string of the molecule is OC[C@H]1O[C@H](O[C@H]2[C@H](O)[C@@H](O)C(OCCC(F)(F)C(F)(F)C(F)(F)C(F)(F)C(F)(F)C(F)(F)F)O[C@@H]2CO)[C@H](O)[C@@H](O)[C@@H]1O. The summed E-state index contributed by atoms with van der Waals surface area (Å²) in [6.45, 7) is -4.19. The third-order valence-corrected chi connectivity index (χ3v) is 6.66. The van der Waals surface area contributed by atoms with E-state index in [0.29, 0.717) is 0 Å². The van der Waals surface area contributed by atoms with E-state index in [0.717, 1.165) is 0 Å². The number of hydrogen-bond acceptors (Lipinski definition) is 11. The summed E-state index contributed by atoms with van der Waals surface area (Å²) in [5, 5.41) is 68.8. The van der Waals surface area contributed by atoms with Crippen molar-refractivity contribution in [2.75, 3.05) is 19.8 Å². The molecular formula is C20H25F13O11. The van der Waals surface area contributed by atoms with E-state index in [1.165, 1.54) is 0 Å². The molecule has 0 aromatic carbocycles. The fraction of sp³-hybridized carbons (Fsp3) is 1.00. The molecule has 2 fully saturated rings. The average molecular weight is 688 g/mol. The van der Waals surface area contributed by atoms with Crippen LogP contribution in [-0.2, 0) is 18.9 Å². The lowest BCUT2D eigenvalue weighted by Crippen LogP contribution is -2.70. The van der Waals surface area contributed by atoms with Crippen molar-refractivity contribution in [3.63, 3.8) is 0 Å². The minimum absolute atomic E-state index is 0.950. The molecule has 44 heavy (non-hydrogen) atoms. The predicted molar refractivity (Wildman–Crippen MR) is 108 cm³/mol. The van der Waals surface area contributed by atoms with E-state index >= 15 is 0 Å². The fourth-order valence-electron chi connectivity index (χ4n) is 3.96. The predicted octanol–water partition coefficient (Wildman–Crippen LogP) is -0.244. The molecule has 2 heterocycles. The van der Waals surface area contributed by atoms with E-state index < -0.39 is 123 Å². The summed E-state index contributed by atoms with van der Waals surface area (Å²) in [7, 11) is 0. The highest BCUT2D eigenvalue weighted by atomic mass is 19.4. The first kappa shape index (κ1) is 38.8. The van der Waals surface area contributed by atoms with Gasteiger partial charge in [-0.05, 0) is 0 Å². The summed E-state index contributed by atoms with van der Waals surface area (Å²) >= 11 is 0. The van der Waals surface area contributed by atoms with Crippen LogP contribution in [0.15, 0.2) is 0 Å². The molecule has 0 aromatic heterocycles. The maximum Gasteiger partial charge on any atom is 0.460 e. The number of hydrogen-bond donors (Lipinski definition) is 7. The molecule has 0 amide bonds. The van der Waals surface area contributed by atoms with Gasteiger partial charge in [0.25, 0.3) is 0 Å². The maximum atomic E-state index is 14.0. The topological polar surface area (TPSA) is 179 Å². The number of rotatable bonds is 12. The molecule has 0 radical (unpaired) electrons. The molecule has 10 atom stereocenters. The summed E-state index contributed by atoms with van der Waals surface area (Å²) in [5.74, 6) is -38.1. The van der Waals surface area contributed by atoms with E-state index in [1.807, 2.05) is 0 Å². The maximum absolute atomic E-state index is 14.0. The first-order valence-electron chi connectivity index (χ1n) is 11.9. The lowest BCUT2D eigenvalue weighted by Gasteiger charge is -2.46. The van der Waals surface area contributed by atoms with E-state index in [1.54, 1.807) is 0 Å². The molecular weight excluding hydrogens is 663 g/mol.